The SMILES string of the molecule is Nc1ccc(Oc2ccncc2Br)c2ncccc12. The van der Waals surface area contributed by atoms with Gasteiger partial charge in [0.2, 0.25) is 0 Å². The summed E-state index contributed by atoms with van der Waals surface area (Å²) in [6, 6.07) is 9.19. The fourth-order valence-electron chi connectivity index (χ4n) is 1.81. The molecule has 0 aliphatic carbocycles. The molecule has 2 aromatic heterocycles. The topological polar surface area (TPSA) is 61.0 Å². The van der Waals surface area contributed by atoms with Crippen LogP contribution in [0.3, 0.4) is 0 Å². The predicted molar refractivity (Wildman–Crippen MR) is 78.2 cm³/mol. The number of benzene rings is 1. The van der Waals surface area contributed by atoms with Gasteiger partial charge in [-0.3, -0.25) is 9.97 Å². The highest BCUT2D eigenvalue weighted by Crippen LogP contribution is 2.34. The molecule has 5 heteroatoms. The lowest BCUT2D eigenvalue weighted by molar-refractivity contribution is 0.483. The number of hydrogen-bond acceptors (Lipinski definition) is 4. The van der Waals surface area contributed by atoms with Crippen molar-refractivity contribution >= 4 is 32.5 Å². The molecule has 0 aliphatic rings. The Labute approximate surface area is 118 Å². The maximum atomic E-state index is 5.93. The molecule has 2 N–H and O–H groups in total. The largest absolute Gasteiger partial charge is 0.454 e. The number of rotatable bonds is 2. The Morgan fingerprint density at radius 1 is 1.05 bits per heavy atom. The second-order valence-corrected chi connectivity index (χ2v) is 4.81. The van der Waals surface area contributed by atoms with Crippen molar-refractivity contribution in [1.29, 1.82) is 0 Å². The normalized spacial score (nSPS) is 10.6. The third kappa shape index (κ3) is 2.24. The molecule has 19 heavy (non-hydrogen) atoms. The molecule has 0 fully saturated rings. The van der Waals surface area contributed by atoms with Crippen molar-refractivity contribution in [3.63, 3.8) is 0 Å². The van der Waals surface area contributed by atoms with Crippen LogP contribution < -0.4 is 10.5 Å². The Bertz CT molecular complexity index is 746. The van der Waals surface area contributed by atoms with Gasteiger partial charge in [0, 0.05) is 35.7 Å². The zero-order valence-corrected chi connectivity index (χ0v) is 11.5. The Hall–Kier alpha value is -2.14. The smallest absolute Gasteiger partial charge is 0.153 e. The summed E-state index contributed by atoms with van der Waals surface area (Å²) in [7, 11) is 0. The molecule has 3 rings (SSSR count). The molecule has 0 amide bonds. The third-order valence-corrected chi connectivity index (χ3v) is 3.32. The molecule has 0 unspecified atom stereocenters. The molecule has 0 spiro atoms. The molecule has 2 heterocycles. The van der Waals surface area contributed by atoms with Gasteiger partial charge in [-0.05, 0) is 40.2 Å². The zero-order valence-electron chi connectivity index (χ0n) is 9.88. The fraction of sp³-hybridized carbons (Fsp3) is 0. The van der Waals surface area contributed by atoms with E-state index in [1.165, 1.54) is 0 Å². The minimum Gasteiger partial charge on any atom is -0.454 e. The Morgan fingerprint density at radius 3 is 2.79 bits per heavy atom. The number of aromatic nitrogens is 2. The van der Waals surface area contributed by atoms with E-state index in [-0.39, 0.29) is 0 Å². The van der Waals surface area contributed by atoms with Crippen LogP contribution in [0.5, 0.6) is 11.5 Å². The second-order valence-electron chi connectivity index (χ2n) is 3.96. The summed E-state index contributed by atoms with van der Waals surface area (Å²) < 4.78 is 6.66. The number of ether oxygens (including phenoxy) is 1. The van der Waals surface area contributed by atoms with Gasteiger partial charge < -0.3 is 10.5 Å². The van der Waals surface area contributed by atoms with Gasteiger partial charge in [0.1, 0.15) is 11.3 Å². The van der Waals surface area contributed by atoms with Gasteiger partial charge in [0.15, 0.2) is 5.75 Å². The minimum absolute atomic E-state index is 0.664. The van der Waals surface area contributed by atoms with Crippen LogP contribution in [0.4, 0.5) is 5.69 Å². The van der Waals surface area contributed by atoms with Gasteiger partial charge in [0.25, 0.3) is 0 Å². The maximum absolute atomic E-state index is 5.93. The van der Waals surface area contributed by atoms with Crippen molar-refractivity contribution in [2.45, 2.75) is 0 Å². The average Bonchev–Trinajstić information content (AvgIpc) is 2.44. The molecule has 0 saturated carbocycles. The summed E-state index contributed by atoms with van der Waals surface area (Å²) in [4.78, 5) is 8.33. The van der Waals surface area contributed by atoms with Crippen molar-refractivity contribution < 1.29 is 4.74 Å². The van der Waals surface area contributed by atoms with Gasteiger partial charge in [-0.2, -0.15) is 0 Å². The van der Waals surface area contributed by atoms with Crippen LogP contribution in [-0.2, 0) is 0 Å². The number of nitrogens with two attached hydrogens (primary N) is 1. The van der Waals surface area contributed by atoms with Crippen molar-refractivity contribution in [3.8, 4) is 11.5 Å². The number of halogens is 1. The number of nitrogens with zero attached hydrogens (tertiary/aromatic N) is 2. The molecule has 0 atom stereocenters. The Morgan fingerprint density at radius 2 is 1.95 bits per heavy atom. The van der Waals surface area contributed by atoms with E-state index >= 15 is 0 Å². The lowest BCUT2D eigenvalue weighted by Gasteiger charge is -2.10. The highest BCUT2D eigenvalue weighted by molar-refractivity contribution is 9.10. The van der Waals surface area contributed by atoms with E-state index in [0.29, 0.717) is 17.2 Å². The summed E-state index contributed by atoms with van der Waals surface area (Å²) in [5, 5.41) is 0.880. The van der Waals surface area contributed by atoms with Gasteiger partial charge in [-0.1, -0.05) is 0 Å². The van der Waals surface area contributed by atoms with E-state index in [9.17, 15) is 0 Å². The van der Waals surface area contributed by atoms with E-state index in [2.05, 4.69) is 25.9 Å². The second kappa shape index (κ2) is 4.85. The first-order valence-corrected chi connectivity index (χ1v) is 6.45. The fourth-order valence-corrected chi connectivity index (χ4v) is 2.15. The summed E-state index contributed by atoms with van der Waals surface area (Å²) >= 11 is 3.40. The van der Waals surface area contributed by atoms with Crippen LogP contribution in [0.2, 0.25) is 0 Å². The molecule has 3 aromatic rings. The molecule has 94 valence electrons. The summed E-state index contributed by atoms with van der Waals surface area (Å²) in [6.07, 6.45) is 5.07. The summed E-state index contributed by atoms with van der Waals surface area (Å²) in [5.74, 6) is 1.35. The Kier molecular flexibility index (Phi) is 3.05. The first-order valence-electron chi connectivity index (χ1n) is 5.66. The van der Waals surface area contributed by atoms with Gasteiger partial charge in [0.05, 0.1) is 4.47 Å². The van der Waals surface area contributed by atoms with Crippen molar-refractivity contribution in [1.82, 2.24) is 9.97 Å². The molecule has 0 bridgehead atoms. The van der Waals surface area contributed by atoms with E-state index in [0.717, 1.165) is 15.4 Å². The molecule has 0 aliphatic heterocycles. The molecule has 1 aromatic carbocycles. The quantitative estimate of drug-likeness (QED) is 0.731. The van der Waals surface area contributed by atoms with Crippen molar-refractivity contribution in [3.05, 3.63) is 53.4 Å². The highest BCUT2D eigenvalue weighted by Gasteiger charge is 2.08. The maximum Gasteiger partial charge on any atom is 0.153 e. The van der Waals surface area contributed by atoms with Crippen molar-refractivity contribution in [2.75, 3.05) is 5.73 Å². The van der Waals surface area contributed by atoms with E-state index < -0.39 is 0 Å². The minimum atomic E-state index is 0.664. The summed E-state index contributed by atoms with van der Waals surface area (Å²) in [6.45, 7) is 0. The van der Waals surface area contributed by atoms with Gasteiger partial charge >= 0.3 is 0 Å². The number of anilines is 1. The monoisotopic (exact) mass is 315 g/mol. The van der Waals surface area contributed by atoms with Gasteiger partial charge in [-0.25, -0.2) is 0 Å². The lowest BCUT2D eigenvalue weighted by Crippen LogP contribution is -1.93. The van der Waals surface area contributed by atoms with E-state index in [1.54, 1.807) is 24.7 Å². The van der Waals surface area contributed by atoms with E-state index in [1.807, 2.05) is 24.3 Å². The zero-order chi connectivity index (χ0) is 13.2. The molecule has 0 radical (unpaired) electrons. The number of nitrogen functional groups attached to an aromatic ring is 1. The highest BCUT2D eigenvalue weighted by atomic mass is 79.9. The van der Waals surface area contributed by atoms with Crippen LogP contribution in [0.25, 0.3) is 10.9 Å². The van der Waals surface area contributed by atoms with Crippen LogP contribution in [-0.4, -0.2) is 9.97 Å². The van der Waals surface area contributed by atoms with Gasteiger partial charge in [-0.15, -0.1) is 0 Å². The third-order valence-electron chi connectivity index (χ3n) is 2.72. The van der Waals surface area contributed by atoms with Crippen LogP contribution >= 0.6 is 15.9 Å². The predicted octanol–water partition coefficient (Wildman–Crippen LogP) is 3.77. The first kappa shape index (κ1) is 11.9. The van der Waals surface area contributed by atoms with Crippen molar-refractivity contribution in [2.24, 2.45) is 0 Å². The summed E-state index contributed by atoms with van der Waals surface area (Å²) in [5.41, 5.74) is 7.36. The number of pyridine rings is 2. The molecular weight excluding hydrogens is 306 g/mol. The van der Waals surface area contributed by atoms with Crippen LogP contribution in [0.15, 0.2) is 53.4 Å². The number of fused-ring (bicyclic) bond motifs is 1. The lowest BCUT2D eigenvalue weighted by atomic mass is 10.1. The van der Waals surface area contributed by atoms with E-state index in [4.69, 9.17) is 10.5 Å². The average molecular weight is 316 g/mol. The number of hydrogen-bond donors (Lipinski definition) is 1. The van der Waals surface area contributed by atoms with Crippen LogP contribution in [0, 0.1) is 0 Å². The van der Waals surface area contributed by atoms with Crippen LogP contribution in [0.1, 0.15) is 0 Å². The Balaban J connectivity index is 2.12. The standard InChI is InChI=1S/C14H10BrN3O/c15-10-8-17-7-5-12(10)19-13-4-3-11(16)9-2-1-6-18-14(9)13/h1-8H,16H2. The molecule has 0 saturated heterocycles. The first-order chi connectivity index (χ1) is 9.25. The molecule has 4 nitrogen and oxygen atoms in total. The molecular formula is C14H10BrN3O.